The first-order valence-electron chi connectivity index (χ1n) is 9.18. The molecule has 1 aromatic heterocycles. The van der Waals surface area contributed by atoms with Crippen molar-refractivity contribution in [1.82, 2.24) is 23.3 Å². The molecule has 4 heterocycles. The second-order valence-corrected chi connectivity index (χ2v) is 9.74. The zero-order valence-electron chi connectivity index (χ0n) is 16.1. The number of rotatable bonds is 5. The Bertz CT molecular complexity index is 728. The minimum Gasteiger partial charge on any atom is -0.294 e. The van der Waals surface area contributed by atoms with Crippen molar-refractivity contribution in [2.24, 2.45) is 5.92 Å². The Kier molecular flexibility index (Phi) is 5.26. The van der Waals surface area contributed by atoms with E-state index in [0.717, 1.165) is 38.2 Å². The zero-order valence-corrected chi connectivity index (χ0v) is 16.9. The van der Waals surface area contributed by atoms with Gasteiger partial charge < -0.3 is 0 Å². The van der Waals surface area contributed by atoms with Crippen molar-refractivity contribution in [3.63, 3.8) is 0 Å². The van der Waals surface area contributed by atoms with E-state index >= 15 is 0 Å². The lowest BCUT2D eigenvalue weighted by Crippen LogP contribution is -2.46. The van der Waals surface area contributed by atoms with Gasteiger partial charge in [-0.25, -0.2) is 0 Å². The normalized spacial score (nSPS) is 25.7. The van der Waals surface area contributed by atoms with Crippen LogP contribution in [0.25, 0.3) is 0 Å². The number of hydrogen-bond acceptors (Lipinski definition) is 4. The van der Waals surface area contributed by atoms with Crippen LogP contribution in [0, 0.1) is 19.8 Å². The number of hydrogen-bond donors (Lipinski definition) is 0. The molecule has 0 aliphatic carbocycles. The molecule has 0 amide bonds. The summed E-state index contributed by atoms with van der Waals surface area (Å²) in [6, 6.07) is 0.289. The molecular formula is C17H31N5O2S. The third kappa shape index (κ3) is 3.49. The van der Waals surface area contributed by atoms with Crippen LogP contribution in [0.15, 0.2) is 0 Å². The highest BCUT2D eigenvalue weighted by Gasteiger charge is 2.39. The van der Waals surface area contributed by atoms with Gasteiger partial charge >= 0.3 is 0 Å². The van der Waals surface area contributed by atoms with E-state index in [1.54, 1.807) is 18.4 Å². The van der Waals surface area contributed by atoms with Gasteiger partial charge in [0, 0.05) is 64.1 Å². The van der Waals surface area contributed by atoms with E-state index < -0.39 is 10.2 Å². The topological polar surface area (TPSA) is 61.7 Å². The highest BCUT2D eigenvalue weighted by molar-refractivity contribution is 7.86. The molecule has 0 aromatic carbocycles. The number of fused-ring (bicyclic) bond motifs is 4. The van der Waals surface area contributed by atoms with Crippen molar-refractivity contribution in [3.8, 4) is 0 Å². The number of nitrogens with zero attached hydrogens (tertiary/aromatic N) is 5. The van der Waals surface area contributed by atoms with E-state index in [4.69, 9.17) is 0 Å². The lowest BCUT2D eigenvalue weighted by molar-refractivity contribution is 0.124. The minimum absolute atomic E-state index is 0.289. The van der Waals surface area contributed by atoms with Crippen LogP contribution in [-0.4, -0.2) is 71.5 Å². The van der Waals surface area contributed by atoms with Gasteiger partial charge in [0.25, 0.3) is 10.2 Å². The fourth-order valence-corrected chi connectivity index (χ4v) is 5.44. The molecule has 2 bridgehead atoms. The molecule has 0 radical (unpaired) electrons. The van der Waals surface area contributed by atoms with E-state index in [2.05, 4.69) is 35.5 Å². The lowest BCUT2D eigenvalue weighted by atomic mass is 9.94. The van der Waals surface area contributed by atoms with Crippen LogP contribution >= 0.6 is 0 Å². The standard InChI is InChI=1S/C17H31N5O2S/c1-6-22-14(3)17(13(2)18-22)12-20-9-15-7-8-16(20)11-21(10-15)25(23,24)19(4)5/h15-16H,6-12H2,1-5H3/t15-,16-/m1/s1. The lowest BCUT2D eigenvalue weighted by Gasteiger charge is -2.36. The van der Waals surface area contributed by atoms with Crippen molar-refractivity contribution in [1.29, 1.82) is 0 Å². The first kappa shape index (κ1) is 18.8. The maximum Gasteiger partial charge on any atom is 0.281 e. The van der Waals surface area contributed by atoms with Gasteiger partial charge in [0.2, 0.25) is 0 Å². The van der Waals surface area contributed by atoms with Gasteiger partial charge in [0.15, 0.2) is 0 Å². The molecule has 1 aromatic rings. The van der Waals surface area contributed by atoms with Gasteiger partial charge in [-0.2, -0.15) is 22.1 Å². The van der Waals surface area contributed by atoms with E-state index in [1.165, 1.54) is 15.6 Å². The Morgan fingerprint density at radius 3 is 2.48 bits per heavy atom. The maximum absolute atomic E-state index is 12.6. The van der Waals surface area contributed by atoms with Crippen LogP contribution < -0.4 is 0 Å². The summed E-state index contributed by atoms with van der Waals surface area (Å²) in [4.78, 5) is 2.48. The monoisotopic (exact) mass is 369 g/mol. The molecule has 25 heavy (non-hydrogen) atoms. The van der Waals surface area contributed by atoms with Gasteiger partial charge in [-0.15, -0.1) is 0 Å². The van der Waals surface area contributed by atoms with Crippen LogP contribution in [-0.2, 0) is 23.3 Å². The van der Waals surface area contributed by atoms with E-state index in [-0.39, 0.29) is 6.04 Å². The Morgan fingerprint density at radius 2 is 1.88 bits per heavy atom. The molecule has 0 N–H and O–H groups in total. The summed E-state index contributed by atoms with van der Waals surface area (Å²) in [5.41, 5.74) is 3.63. The number of aromatic nitrogens is 2. The van der Waals surface area contributed by atoms with Crippen molar-refractivity contribution in [2.45, 2.75) is 52.7 Å². The van der Waals surface area contributed by atoms with E-state index in [9.17, 15) is 8.42 Å². The molecular weight excluding hydrogens is 338 g/mol. The summed E-state index contributed by atoms with van der Waals surface area (Å²) in [5, 5.41) is 4.63. The van der Waals surface area contributed by atoms with Crippen molar-refractivity contribution in [3.05, 3.63) is 17.0 Å². The summed E-state index contributed by atoms with van der Waals surface area (Å²) in [6.45, 7) is 10.3. The average molecular weight is 370 g/mol. The molecule has 3 aliphatic heterocycles. The maximum atomic E-state index is 12.6. The third-order valence-electron chi connectivity index (χ3n) is 5.77. The molecule has 3 aliphatic rings. The van der Waals surface area contributed by atoms with Gasteiger partial charge in [0.1, 0.15) is 0 Å². The minimum atomic E-state index is -3.34. The number of aryl methyl sites for hydroxylation is 2. The molecule has 7 nitrogen and oxygen atoms in total. The van der Waals surface area contributed by atoms with Crippen LogP contribution in [0.3, 0.4) is 0 Å². The van der Waals surface area contributed by atoms with Crippen molar-refractivity contribution in [2.75, 3.05) is 33.7 Å². The summed E-state index contributed by atoms with van der Waals surface area (Å²) < 4.78 is 30.3. The van der Waals surface area contributed by atoms with Gasteiger partial charge in [-0.1, -0.05) is 0 Å². The second kappa shape index (κ2) is 6.98. The fraction of sp³-hybridized carbons (Fsp3) is 0.824. The molecule has 3 saturated heterocycles. The Morgan fingerprint density at radius 1 is 1.16 bits per heavy atom. The highest BCUT2D eigenvalue weighted by Crippen LogP contribution is 2.31. The first-order valence-corrected chi connectivity index (χ1v) is 10.6. The Hall–Kier alpha value is -0.960. The molecule has 2 atom stereocenters. The predicted octanol–water partition coefficient (Wildman–Crippen LogP) is 1.22. The van der Waals surface area contributed by atoms with Crippen molar-refractivity contribution < 1.29 is 8.42 Å². The number of piperidine rings is 1. The van der Waals surface area contributed by atoms with E-state index in [1.807, 2.05) is 0 Å². The zero-order chi connectivity index (χ0) is 18.4. The summed E-state index contributed by atoms with van der Waals surface area (Å²) in [6.07, 6.45) is 2.19. The van der Waals surface area contributed by atoms with E-state index in [0.29, 0.717) is 19.0 Å². The van der Waals surface area contributed by atoms with Crippen LogP contribution in [0.5, 0.6) is 0 Å². The molecule has 0 spiro atoms. The van der Waals surface area contributed by atoms with Crippen LogP contribution in [0.2, 0.25) is 0 Å². The van der Waals surface area contributed by atoms with Crippen LogP contribution in [0.4, 0.5) is 0 Å². The molecule has 8 heteroatoms. The Balaban J connectivity index is 1.81. The SMILES string of the molecule is CCn1nc(C)c(CN2C[C@H]3CC[C@@H]2CN(S(=O)(=O)N(C)C)C3)c1C. The first-order chi connectivity index (χ1) is 11.7. The van der Waals surface area contributed by atoms with Gasteiger partial charge in [-0.05, 0) is 39.5 Å². The van der Waals surface area contributed by atoms with Gasteiger partial charge in [0.05, 0.1) is 5.69 Å². The molecule has 4 rings (SSSR count). The summed E-state index contributed by atoms with van der Waals surface area (Å²) in [5.74, 6) is 0.412. The summed E-state index contributed by atoms with van der Waals surface area (Å²) in [7, 11) is -0.104. The largest absolute Gasteiger partial charge is 0.294 e. The molecule has 142 valence electrons. The third-order valence-corrected chi connectivity index (χ3v) is 7.65. The average Bonchev–Trinajstić information content (AvgIpc) is 2.76. The smallest absolute Gasteiger partial charge is 0.281 e. The predicted molar refractivity (Wildman–Crippen MR) is 98.5 cm³/mol. The molecule has 0 saturated carbocycles. The fourth-order valence-electron chi connectivity index (χ4n) is 4.22. The summed E-state index contributed by atoms with van der Waals surface area (Å²) >= 11 is 0. The second-order valence-electron chi connectivity index (χ2n) is 7.60. The highest BCUT2D eigenvalue weighted by atomic mass is 32.2. The molecule has 0 unspecified atom stereocenters. The van der Waals surface area contributed by atoms with Crippen LogP contribution in [0.1, 0.15) is 36.7 Å². The van der Waals surface area contributed by atoms with Gasteiger partial charge in [-0.3, -0.25) is 9.58 Å². The quantitative estimate of drug-likeness (QED) is 0.783. The Labute approximate surface area is 151 Å². The molecule has 3 fully saturated rings. The van der Waals surface area contributed by atoms with Crippen molar-refractivity contribution >= 4 is 10.2 Å².